The lowest BCUT2D eigenvalue weighted by atomic mass is 10.3. The summed E-state index contributed by atoms with van der Waals surface area (Å²) in [7, 11) is 1.39. The van der Waals surface area contributed by atoms with Gasteiger partial charge >= 0.3 is 5.97 Å². The summed E-state index contributed by atoms with van der Waals surface area (Å²) in [5, 5.41) is 5.90. The quantitative estimate of drug-likeness (QED) is 0.432. The zero-order valence-corrected chi connectivity index (χ0v) is 5.31. The Labute approximate surface area is 53.6 Å². The highest BCUT2D eigenvalue weighted by atomic mass is 16.5. The number of carbonyl (C=O) groups is 1. The maximum absolute atomic E-state index is 10.7. The summed E-state index contributed by atoms with van der Waals surface area (Å²) in [6.07, 6.45) is 0. The third-order valence-electron chi connectivity index (χ3n) is 1.31. The zero-order chi connectivity index (χ0) is 6.69. The number of methoxy groups -OCH3 is 1. The highest BCUT2D eigenvalue weighted by Crippen LogP contribution is 1.89. The molecular weight excluding hydrogens is 120 g/mol. The van der Waals surface area contributed by atoms with Crippen LogP contribution in [0.5, 0.6) is 0 Å². The smallest absolute Gasteiger partial charge is 0.324 e. The van der Waals surface area contributed by atoms with Crippen LogP contribution in [0.15, 0.2) is 0 Å². The molecule has 2 N–H and O–H groups in total. The number of carbonyl (C=O) groups excluding carboxylic acids is 1. The summed E-state index contributed by atoms with van der Waals surface area (Å²) in [6.45, 7) is 1.37. The average Bonchev–Trinajstić information content (AvgIpc) is 2.37. The zero-order valence-electron chi connectivity index (χ0n) is 5.31. The Morgan fingerprint density at radius 1 is 1.78 bits per heavy atom. The van der Waals surface area contributed by atoms with E-state index < -0.39 is 0 Å². The van der Waals surface area contributed by atoms with Crippen molar-refractivity contribution >= 4 is 5.97 Å². The second kappa shape index (κ2) is 2.80. The van der Waals surface area contributed by atoms with Crippen molar-refractivity contribution in [3.63, 3.8) is 0 Å². The molecule has 0 amide bonds. The molecule has 1 saturated heterocycles. The fourth-order valence-electron chi connectivity index (χ4n) is 0.793. The first-order valence-corrected chi connectivity index (χ1v) is 2.86. The van der Waals surface area contributed by atoms with Gasteiger partial charge in [0.2, 0.25) is 0 Å². The molecular formula is C5H10N2O2. The van der Waals surface area contributed by atoms with E-state index in [1.54, 1.807) is 0 Å². The van der Waals surface area contributed by atoms with Crippen LogP contribution in [0.1, 0.15) is 0 Å². The van der Waals surface area contributed by atoms with Crippen molar-refractivity contribution in [1.82, 2.24) is 10.6 Å². The van der Waals surface area contributed by atoms with E-state index in [1.165, 1.54) is 7.11 Å². The Balaban J connectivity index is 2.32. The van der Waals surface area contributed by atoms with E-state index in [2.05, 4.69) is 15.4 Å². The van der Waals surface area contributed by atoms with Gasteiger partial charge in [-0.2, -0.15) is 0 Å². The summed E-state index contributed by atoms with van der Waals surface area (Å²) in [5.74, 6) is -0.194. The highest BCUT2D eigenvalue weighted by molar-refractivity contribution is 5.76. The Hall–Kier alpha value is -0.610. The van der Waals surface area contributed by atoms with Crippen molar-refractivity contribution in [2.75, 3.05) is 20.3 Å². The standard InChI is InChI=1S/C5H10N2O2/c1-9-5(8)4-2-6-3-7-4/h4,6-7H,2-3H2,1H3. The van der Waals surface area contributed by atoms with E-state index >= 15 is 0 Å². The van der Waals surface area contributed by atoms with Gasteiger partial charge in [0.1, 0.15) is 6.04 Å². The average molecular weight is 130 g/mol. The molecule has 4 nitrogen and oxygen atoms in total. The Bertz CT molecular complexity index is 110. The van der Waals surface area contributed by atoms with Gasteiger partial charge in [0, 0.05) is 13.2 Å². The number of rotatable bonds is 1. The number of nitrogens with one attached hydrogen (secondary N) is 2. The predicted molar refractivity (Wildman–Crippen MR) is 31.8 cm³/mol. The third-order valence-corrected chi connectivity index (χ3v) is 1.31. The van der Waals surface area contributed by atoms with Gasteiger partial charge < -0.3 is 10.1 Å². The van der Waals surface area contributed by atoms with Gasteiger partial charge in [-0.1, -0.05) is 0 Å². The van der Waals surface area contributed by atoms with Gasteiger partial charge in [-0.25, -0.2) is 0 Å². The van der Waals surface area contributed by atoms with Gasteiger partial charge in [-0.05, 0) is 0 Å². The van der Waals surface area contributed by atoms with E-state index in [-0.39, 0.29) is 12.0 Å². The lowest BCUT2D eigenvalue weighted by molar-refractivity contribution is -0.142. The van der Waals surface area contributed by atoms with Gasteiger partial charge in [0.05, 0.1) is 7.11 Å². The predicted octanol–water partition coefficient (Wildman–Crippen LogP) is -1.32. The minimum absolute atomic E-state index is 0.144. The number of esters is 1. The van der Waals surface area contributed by atoms with Gasteiger partial charge in [0.15, 0.2) is 0 Å². The molecule has 1 fully saturated rings. The number of ether oxygens (including phenoxy) is 1. The number of hydrogen-bond acceptors (Lipinski definition) is 4. The van der Waals surface area contributed by atoms with Crippen LogP contribution in [-0.4, -0.2) is 32.3 Å². The second-order valence-corrected chi connectivity index (χ2v) is 1.91. The lowest BCUT2D eigenvalue weighted by Crippen LogP contribution is -2.33. The molecule has 1 heterocycles. The fourth-order valence-corrected chi connectivity index (χ4v) is 0.793. The molecule has 1 aliphatic rings. The largest absolute Gasteiger partial charge is 0.468 e. The Morgan fingerprint density at radius 3 is 3.00 bits per heavy atom. The van der Waals surface area contributed by atoms with Gasteiger partial charge in [-0.3, -0.25) is 10.1 Å². The Morgan fingerprint density at radius 2 is 2.56 bits per heavy atom. The molecule has 52 valence electrons. The molecule has 4 heteroatoms. The molecule has 0 radical (unpaired) electrons. The molecule has 1 rings (SSSR count). The van der Waals surface area contributed by atoms with Crippen molar-refractivity contribution < 1.29 is 9.53 Å². The van der Waals surface area contributed by atoms with E-state index in [0.29, 0.717) is 13.2 Å². The van der Waals surface area contributed by atoms with E-state index in [0.717, 1.165) is 0 Å². The molecule has 0 spiro atoms. The van der Waals surface area contributed by atoms with E-state index in [1.807, 2.05) is 0 Å². The molecule has 0 saturated carbocycles. The maximum atomic E-state index is 10.7. The van der Waals surface area contributed by atoms with E-state index in [9.17, 15) is 4.79 Å². The molecule has 1 aliphatic heterocycles. The molecule has 9 heavy (non-hydrogen) atoms. The normalized spacial score (nSPS) is 26.1. The molecule has 1 unspecified atom stereocenters. The van der Waals surface area contributed by atoms with Crippen molar-refractivity contribution in [3.05, 3.63) is 0 Å². The van der Waals surface area contributed by atoms with E-state index in [4.69, 9.17) is 0 Å². The molecule has 0 aromatic carbocycles. The first kappa shape index (κ1) is 6.51. The minimum Gasteiger partial charge on any atom is -0.468 e. The number of hydrogen-bond donors (Lipinski definition) is 2. The highest BCUT2D eigenvalue weighted by Gasteiger charge is 2.21. The van der Waals surface area contributed by atoms with Crippen molar-refractivity contribution in [3.8, 4) is 0 Å². The van der Waals surface area contributed by atoms with Gasteiger partial charge in [-0.15, -0.1) is 0 Å². The minimum atomic E-state index is -0.194. The van der Waals surface area contributed by atoms with Crippen LogP contribution in [0.2, 0.25) is 0 Å². The van der Waals surface area contributed by atoms with Crippen LogP contribution in [0.4, 0.5) is 0 Å². The first-order chi connectivity index (χ1) is 4.34. The van der Waals surface area contributed by atoms with Crippen LogP contribution < -0.4 is 10.6 Å². The van der Waals surface area contributed by atoms with Crippen LogP contribution in [0, 0.1) is 0 Å². The van der Waals surface area contributed by atoms with Crippen molar-refractivity contribution in [2.45, 2.75) is 6.04 Å². The topological polar surface area (TPSA) is 50.4 Å². The van der Waals surface area contributed by atoms with Crippen LogP contribution in [0.25, 0.3) is 0 Å². The summed E-state index contributed by atoms with van der Waals surface area (Å²) in [4.78, 5) is 10.7. The van der Waals surface area contributed by atoms with Crippen LogP contribution >= 0.6 is 0 Å². The third kappa shape index (κ3) is 1.40. The van der Waals surface area contributed by atoms with Crippen LogP contribution in [0.3, 0.4) is 0 Å². The second-order valence-electron chi connectivity index (χ2n) is 1.91. The lowest BCUT2D eigenvalue weighted by Gasteiger charge is -2.03. The van der Waals surface area contributed by atoms with Crippen molar-refractivity contribution in [2.24, 2.45) is 0 Å². The molecule has 0 bridgehead atoms. The molecule has 0 aliphatic carbocycles. The monoisotopic (exact) mass is 130 g/mol. The van der Waals surface area contributed by atoms with Crippen molar-refractivity contribution in [1.29, 1.82) is 0 Å². The molecule has 1 atom stereocenters. The summed E-state index contributed by atoms with van der Waals surface area (Å²) >= 11 is 0. The van der Waals surface area contributed by atoms with Gasteiger partial charge in [0.25, 0.3) is 0 Å². The molecule has 0 aromatic heterocycles. The summed E-state index contributed by atoms with van der Waals surface area (Å²) in [5.41, 5.74) is 0. The molecule has 0 aromatic rings. The SMILES string of the molecule is COC(=O)C1CNCN1. The fraction of sp³-hybridized carbons (Fsp3) is 0.800. The summed E-state index contributed by atoms with van der Waals surface area (Å²) in [6, 6.07) is -0.144. The maximum Gasteiger partial charge on any atom is 0.324 e. The Kier molecular flexibility index (Phi) is 2.02. The van der Waals surface area contributed by atoms with Crippen LogP contribution in [-0.2, 0) is 9.53 Å². The summed E-state index contributed by atoms with van der Waals surface area (Å²) < 4.78 is 4.49. The first-order valence-electron chi connectivity index (χ1n) is 2.86.